The number of anilines is 2. The van der Waals surface area contributed by atoms with Crippen molar-refractivity contribution in [2.24, 2.45) is 17.6 Å². The van der Waals surface area contributed by atoms with Gasteiger partial charge in [0.05, 0.1) is 24.5 Å². The number of hydrogen-bond acceptors (Lipinski definition) is 5. The van der Waals surface area contributed by atoms with Crippen LogP contribution < -0.4 is 20.9 Å². The van der Waals surface area contributed by atoms with Crippen LogP contribution in [0, 0.1) is 17.7 Å². The number of cyclic esters (lactones) is 1. The van der Waals surface area contributed by atoms with E-state index in [-0.39, 0.29) is 30.9 Å². The number of nitrogens with one attached hydrogen (secondary N) is 1. The lowest BCUT2D eigenvalue weighted by molar-refractivity contribution is -0.119. The lowest BCUT2D eigenvalue weighted by Crippen LogP contribution is -2.33. The molecule has 7 nitrogen and oxygen atoms in total. The number of ether oxygens (including phenoxy) is 1. The Balaban J connectivity index is 1.44. The Hall–Kier alpha value is -2.35. The van der Waals surface area contributed by atoms with Crippen LogP contribution in [0.1, 0.15) is 6.92 Å². The van der Waals surface area contributed by atoms with E-state index in [0.29, 0.717) is 23.2 Å². The highest BCUT2D eigenvalue weighted by Gasteiger charge is 2.53. The molecule has 0 radical (unpaired) electrons. The van der Waals surface area contributed by atoms with Crippen molar-refractivity contribution in [1.82, 2.24) is 5.32 Å². The van der Waals surface area contributed by atoms with Gasteiger partial charge < -0.3 is 20.7 Å². The minimum atomic E-state index is -0.532. The highest BCUT2D eigenvalue weighted by atomic mass is 19.1. The molecular weight excluding hydrogens is 327 g/mol. The SMILES string of the molecule is CC(=O)NC[C@H]1CN(c2ccc(N3C[C@@H]4[C@@H](N)[C@@H]4C3)c(F)c2)C(=O)O1. The van der Waals surface area contributed by atoms with Gasteiger partial charge in [0.15, 0.2) is 0 Å². The number of carbonyl (C=O) groups excluding carboxylic acids is 2. The van der Waals surface area contributed by atoms with E-state index in [4.69, 9.17) is 10.5 Å². The molecule has 8 heteroatoms. The largest absolute Gasteiger partial charge is 0.442 e. The van der Waals surface area contributed by atoms with Gasteiger partial charge >= 0.3 is 6.09 Å². The monoisotopic (exact) mass is 348 g/mol. The number of benzene rings is 1. The number of piperidine rings is 1. The molecule has 2 saturated heterocycles. The third kappa shape index (κ3) is 2.90. The number of fused-ring (bicyclic) bond motifs is 1. The molecule has 4 atom stereocenters. The third-order valence-corrected chi connectivity index (χ3v) is 5.30. The van der Waals surface area contributed by atoms with Gasteiger partial charge in [0.1, 0.15) is 11.9 Å². The van der Waals surface area contributed by atoms with E-state index >= 15 is 0 Å². The highest BCUT2D eigenvalue weighted by molar-refractivity contribution is 5.90. The average molecular weight is 348 g/mol. The Morgan fingerprint density at radius 3 is 2.72 bits per heavy atom. The summed E-state index contributed by atoms with van der Waals surface area (Å²) >= 11 is 0. The molecule has 0 bridgehead atoms. The molecule has 3 N–H and O–H groups in total. The second kappa shape index (κ2) is 5.87. The van der Waals surface area contributed by atoms with Gasteiger partial charge in [0.2, 0.25) is 5.91 Å². The van der Waals surface area contributed by atoms with Crippen LogP contribution in [0.5, 0.6) is 0 Å². The number of nitrogens with zero attached hydrogens (tertiary/aromatic N) is 2. The summed E-state index contributed by atoms with van der Waals surface area (Å²) in [5, 5.41) is 2.62. The lowest BCUT2D eigenvalue weighted by atomic mass is 10.2. The Bertz CT molecular complexity index is 716. The van der Waals surface area contributed by atoms with Crippen LogP contribution in [0.2, 0.25) is 0 Å². The first-order valence-electron chi connectivity index (χ1n) is 8.46. The number of nitrogens with two attached hydrogens (primary N) is 1. The Labute approximate surface area is 144 Å². The van der Waals surface area contributed by atoms with E-state index in [1.807, 2.05) is 4.90 Å². The van der Waals surface area contributed by atoms with Crippen molar-refractivity contribution < 1.29 is 18.7 Å². The summed E-state index contributed by atoms with van der Waals surface area (Å²) in [6, 6.07) is 5.06. The fourth-order valence-corrected chi connectivity index (χ4v) is 3.79. The Morgan fingerprint density at radius 2 is 2.08 bits per heavy atom. The molecule has 3 aliphatic rings. The smallest absolute Gasteiger partial charge is 0.414 e. The van der Waals surface area contributed by atoms with Crippen molar-refractivity contribution in [2.75, 3.05) is 36.0 Å². The van der Waals surface area contributed by atoms with Gasteiger partial charge in [0.25, 0.3) is 0 Å². The minimum absolute atomic E-state index is 0.187. The zero-order valence-corrected chi connectivity index (χ0v) is 13.9. The van der Waals surface area contributed by atoms with E-state index < -0.39 is 12.2 Å². The van der Waals surface area contributed by atoms with Crippen molar-refractivity contribution in [3.63, 3.8) is 0 Å². The van der Waals surface area contributed by atoms with E-state index in [2.05, 4.69) is 5.32 Å². The molecule has 1 aliphatic carbocycles. The van der Waals surface area contributed by atoms with E-state index in [1.165, 1.54) is 17.9 Å². The summed E-state index contributed by atoms with van der Waals surface area (Å²) in [6.45, 7) is 3.49. The minimum Gasteiger partial charge on any atom is -0.442 e. The Kier molecular flexibility index (Phi) is 3.79. The summed E-state index contributed by atoms with van der Waals surface area (Å²) in [5.74, 6) is 0.406. The molecule has 1 aromatic carbocycles. The summed E-state index contributed by atoms with van der Waals surface area (Å²) in [5.41, 5.74) is 6.93. The number of rotatable bonds is 4. The van der Waals surface area contributed by atoms with E-state index in [9.17, 15) is 14.0 Å². The maximum Gasteiger partial charge on any atom is 0.414 e. The first-order chi connectivity index (χ1) is 11.9. The zero-order chi connectivity index (χ0) is 17.7. The quantitative estimate of drug-likeness (QED) is 0.835. The standard InChI is InChI=1S/C17H21FN4O3/c1-9(23)20-5-11-6-22(17(24)25-11)10-2-3-15(14(18)4-10)21-7-12-13(8-21)16(12)19/h2-4,11-13,16H,5-8,19H2,1H3,(H,20,23)/t11-,12-,13+,16+/m0/s1. The third-order valence-electron chi connectivity index (χ3n) is 5.30. The molecule has 25 heavy (non-hydrogen) atoms. The van der Waals surface area contributed by atoms with Gasteiger partial charge in [-0.25, -0.2) is 9.18 Å². The zero-order valence-electron chi connectivity index (χ0n) is 13.9. The maximum atomic E-state index is 14.6. The second-order valence-electron chi connectivity index (χ2n) is 7.00. The number of carbonyl (C=O) groups is 2. The first-order valence-corrected chi connectivity index (χ1v) is 8.46. The number of amides is 2. The van der Waals surface area contributed by atoms with Crippen molar-refractivity contribution in [1.29, 1.82) is 0 Å². The molecule has 134 valence electrons. The van der Waals surface area contributed by atoms with Gasteiger partial charge in [0, 0.05) is 26.1 Å². The molecule has 3 fully saturated rings. The second-order valence-corrected chi connectivity index (χ2v) is 7.00. The molecule has 0 unspecified atom stereocenters. The number of hydrogen-bond donors (Lipinski definition) is 2. The van der Waals surface area contributed by atoms with E-state index in [0.717, 1.165) is 13.1 Å². The Morgan fingerprint density at radius 1 is 1.36 bits per heavy atom. The van der Waals surface area contributed by atoms with Crippen molar-refractivity contribution in [2.45, 2.75) is 19.1 Å². The van der Waals surface area contributed by atoms with Gasteiger partial charge in [-0.05, 0) is 30.0 Å². The summed E-state index contributed by atoms with van der Waals surface area (Å²) in [7, 11) is 0. The molecule has 2 heterocycles. The van der Waals surface area contributed by atoms with Crippen molar-refractivity contribution in [3.05, 3.63) is 24.0 Å². The van der Waals surface area contributed by atoms with Crippen LogP contribution in [0.4, 0.5) is 20.6 Å². The first kappa shape index (κ1) is 16.1. The lowest BCUT2D eigenvalue weighted by Gasteiger charge is -2.23. The maximum absolute atomic E-state index is 14.6. The van der Waals surface area contributed by atoms with Gasteiger partial charge in [-0.3, -0.25) is 9.69 Å². The predicted molar refractivity (Wildman–Crippen MR) is 89.9 cm³/mol. The summed E-state index contributed by atoms with van der Waals surface area (Å²) in [4.78, 5) is 26.4. The topological polar surface area (TPSA) is 87.9 Å². The van der Waals surface area contributed by atoms with E-state index in [1.54, 1.807) is 12.1 Å². The fraction of sp³-hybridized carbons (Fsp3) is 0.529. The molecule has 2 amide bonds. The summed E-state index contributed by atoms with van der Waals surface area (Å²) < 4.78 is 19.8. The normalized spacial score (nSPS) is 30.3. The fourth-order valence-electron chi connectivity index (χ4n) is 3.79. The van der Waals surface area contributed by atoms with Crippen LogP contribution in [0.25, 0.3) is 0 Å². The van der Waals surface area contributed by atoms with Crippen molar-refractivity contribution in [3.8, 4) is 0 Å². The molecule has 0 spiro atoms. The molecule has 0 aromatic heterocycles. The average Bonchev–Trinajstić information content (AvgIpc) is 2.95. The molecule has 2 aliphatic heterocycles. The number of halogens is 1. The van der Waals surface area contributed by atoms with Crippen LogP contribution in [-0.2, 0) is 9.53 Å². The molecular formula is C17H21FN4O3. The van der Waals surface area contributed by atoms with Crippen LogP contribution in [0.15, 0.2) is 18.2 Å². The highest BCUT2D eigenvalue weighted by Crippen LogP contribution is 2.45. The predicted octanol–water partition coefficient (Wildman–Crippen LogP) is 0.680. The van der Waals surface area contributed by atoms with Crippen LogP contribution >= 0.6 is 0 Å². The van der Waals surface area contributed by atoms with Gasteiger partial charge in [-0.15, -0.1) is 0 Å². The summed E-state index contributed by atoms with van der Waals surface area (Å²) in [6.07, 6.45) is -0.970. The molecule has 4 rings (SSSR count). The van der Waals surface area contributed by atoms with Crippen LogP contribution in [-0.4, -0.2) is 50.3 Å². The molecule has 1 saturated carbocycles. The van der Waals surface area contributed by atoms with Gasteiger partial charge in [-0.1, -0.05) is 0 Å². The molecule has 1 aromatic rings. The van der Waals surface area contributed by atoms with Crippen molar-refractivity contribution >= 4 is 23.4 Å². The van der Waals surface area contributed by atoms with Crippen LogP contribution in [0.3, 0.4) is 0 Å². The van der Waals surface area contributed by atoms with Gasteiger partial charge in [-0.2, -0.15) is 0 Å².